The zero-order chi connectivity index (χ0) is 53.2. The number of hydrogen-bond acceptors (Lipinski definition) is 9. The van der Waals surface area contributed by atoms with Crippen LogP contribution in [0.2, 0.25) is 0 Å². The second-order valence-corrected chi connectivity index (χ2v) is 20.7. The van der Waals surface area contributed by atoms with Crippen molar-refractivity contribution in [3.63, 3.8) is 0 Å². The molecule has 0 radical (unpaired) electrons. The van der Waals surface area contributed by atoms with Crippen LogP contribution in [-0.4, -0.2) is 56.9 Å². The predicted molar refractivity (Wildman–Crippen MR) is 300 cm³/mol. The van der Waals surface area contributed by atoms with E-state index in [-0.39, 0.29) is 29.1 Å². The number of benzene rings is 4. The molecule has 0 spiro atoms. The maximum Gasteiger partial charge on any atom is 0.459 e. The van der Waals surface area contributed by atoms with Gasteiger partial charge >= 0.3 is 6.01 Å². The average molecular weight is 1020 g/mol. The number of carbonyl (C=O) groups excluding carboxylic acids is 1. The lowest BCUT2D eigenvalue weighted by Crippen LogP contribution is -2.35. The number of allylic oxidation sites excluding steroid dienone is 2. The number of H-pyrrole nitrogens is 1. The Morgan fingerprint density at radius 3 is 2.20 bits per heavy atom. The van der Waals surface area contributed by atoms with Crippen molar-refractivity contribution in [2.45, 2.75) is 124 Å². The standard InChI is InChI=1S/C62H70N12O2/c1-6-9-21-48-23-17-20-47(60(75)72(48)39-43-29-32-55(65-37-43)50-24-13-14-25-52(50)58(63)67-64)35-46-19-11-15-26-54(46)62(4,5)36-42-28-31-51(53(34-42)59-68-70-71-69-59)56-33-30-44(38-66-56)40-73-49(22-10-7-2)41-74(61(73)76)57-27-16-12-18-45(57)8-3/h11-16,18-19,23-34,37-38,41,47H,6-10,17,20-22,35-36,39-40H2,1-5H3,(H5,63,64,65,66,67,68,69,70,71)/p+1/t47-/m0/s1. The highest BCUT2D eigenvalue weighted by Crippen LogP contribution is 2.37. The van der Waals surface area contributed by atoms with E-state index in [1.165, 1.54) is 16.7 Å². The van der Waals surface area contributed by atoms with Gasteiger partial charge in [-0.2, -0.15) is 19.4 Å². The number of carbonyl (C=O) groups is 1. The molecule has 0 unspecified atom stereocenters. The van der Waals surface area contributed by atoms with Crippen LogP contribution in [0.15, 0.2) is 151 Å². The molecule has 1 aliphatic heterocycles. The zero-order valence-electron chi connectivity index (χ0n) is 44.6. The molecule has 0 saturated carbocycles. The van der Waals surface area contributed by atoms with Crippen LogP contribution in [0.4, 0.5) is 0 Å². The van der Waals surface area contributed by atoms with Crippen LogP contribution in [-0.2, 0) is 49.0 Å². The van der Waals surface area contributed by atoms with Crippen LogP contribution in [0.25, 0.3) is 39.6 Å². The zero-order valence-corrected chi connectivity index (χ0v) is 44.6. The molecule has 4 aromatic heterocycles. The van der Waals surface area contributed by atoms with E-state index in [1.54, 1.807) is 0 Å². The molecule has 0 saturated heterocycles. The Hall–Kier alpha value is -8.26. The first-order valence-corrected chi connectivity index (χ1v) is 26.9. The van der Waals surface area contributed by atoms with Crippen molar-refractivity contribution in [3.05, 3.63) is 190 Å². The van der Waals surface area contributed by atoms with Crippen LogP contribution in [0, 0.1) is 5.92 Å². The third kappa shape index (κ3) is 11.7. The number of nitrogens with zero attached hydrogens (tertiary/aromatic N) is 9. The van der Waals surface area contributed by atoms with Gasteiger partial charge in [0.05, 0.1) is 17.9 Å². The van der Waals surface area contributed by atoms with Crippen molar-refractivity contribution in [2.24, 2.45) is 22.6 Å². The maximum absolute atomic E-state index is 14.9. The highest BCUT2D eigenvalue weighted by Gasteiger charge is 2.33. The van der Waals surface area contributed by atoms with Gasteiger partial charge in [0.15, 0.2) is 5.84 Å². The summed E-state index contributed by atoms with van der Waals surface area (Å²) in [7, 11) is 0. The molecule has 9 rings (SSSR count). The Balaban J connectivity index is 0.940. The number of tetrazole rings is 1. The lowest BCUT2D eigenvalue weighted by Gasteiger charge is -2.31. The molecular formula is C62H71N12O2+. The van der Waals surface area contributed by atoms with Crippen molar-refractivity contribution in [3.8, 4) is 45.6 Å². The molecule has 1 amide bonds. The fourth-order valence-electron chi connectivity index (χ4n) is 10.8. The van der Waals surface area contributed by atoms with Gasteiger partial charge in [-0.05, 0) is 114 Å². The summed E-state index contributed by atoms with van der Waals surface area (Å²) in [5, 5.41) is 30.9. The minimum absolute atomic E-state index is 0.150. The Morgan fingerprint density at radius 1 is 0.803 bits per heavy atom. The number of nitrogens with two attached hydrogens (primary N) is 2. The Kier molecular flexibility index (Phi) is 16.6. The second kappa shape index (κ2) is 24.0. The van der Waals surface area contributed by atoms with Crippen LogP contribution in [0.1, 0.15) is 124 Å². The first kappa shape index (κ1) is 52.6. The van der Waals surface area contributed by atoms with Crippen LogP contribution in [0.5, 0.6) is 6.01 Å². The number of rotatable bonds is 21. The fraction of sp³-hybridized carbons (Fsp3) is 0.323. The number of amidine groups is 1. The van der Waals surface area contributed by atoms with Gasteiger partial charge in [-0.1, -0.05) is 145 Å². The normalized spacial score (nSPS) is 14.2. The molecule has 14 nitrogen and oxygen atoms in total. The third-order valence-corrected chi connectivity index (χ3v) is 14.9. The monoisotopic (exact) mass is 1020 g/mol. The third-order valence-electron chi connectivity index (χ3n) is 14.9. The highest BCUT2D eigenvalue weighted by molar-refractivity contribution is 6.03. The average Bonchev–Trinajstić information content (AvgIpc) is 4.08. The van der Waals surface area contributed by atoms with Gasteiger partial charge in [-0.3, -0.25) is 14.8 Å². The number of pyridine rings is 2. The van der Waals surface area contributed by atoms with Gasteiger partial charge in [0.1, 0.15) is 24.1 Å². The lowest BCUT2D eigenvalue weighted by molar-refractivity contribution is -0.604. The Bertz CT molecular complexity index is 3320. The molecule has 5 heterocycles. The minimum atomic E-state index is -0.311. The fourth-order valence-corrected chi connectivity index (χ4v) is 10.8. The Morgan fingerprint density at radius 2 is 1.49 bits per heavy atom. The van der Waals surface area contributed by atoms with Gasteiger partial charge < -0.3 is 21.6 Å². The molecule has 4 aromatic carbocycles. The van der Waals surface area contributed by atoms with E-state index in [0.29, 0.717) is 25.3 Å². The second-order valence-electron chi connectivity index (χ2n) is 20.7. The summed E-state index contributed by atoms with van der Waals surface area (Å²) in [6.07, 6.45) is 17.8. The SMILES string of the molecule is CCCCC1=CCC[C@@H](Cc2ccccc2C(C)(C)Cc2ccc(-c3ccc(Cn4c(CCCC)c[n+](-c5ccccc5CC)c4O)cn3)c(-c3nn[nH]n3)c2)C(=O)N1Cc1ccc(-c2ccccc2/C(N)=N/N)nc1. The van der Waals surface area contributed by atoms with Crippen LogP contribution >= 0.6 is 0 Å². The topological polar surface area (TPSA) is 194 Å². The number of unbranched alkanes of at least 4 members (excludes halogenated alkanes) is 2. The number of para-hydroxylation sites is 1. The van der Waals surface area contributed by atoms with E-state index in [9.17, 15) is 9.90 Å². The van der Waals surface area contributed by atoms with Crippen molar-refractivity contribution in [1.29, 1.82) is 0 Å². The predicted octanol–water partition coefficient (Wildman–Crippen LogP) is 10.9. The number of aromatic hydroxyl groups is 1. The summed E-state index contributed by atoms with van der Waals surface area (Å²) < 4.78 is 3.92. The summed E-state index contributed by atoms with van der Waals surface area (Å²) in [6, 6.07) is 39.3. The van der Waals surface area contributed by atoms with E-state index in [4.69, 9.17) is 21.5 Å². The molecule has 14 heteroatoms. The van der Waals surface area contributed by atoms with E-state index in [2.05, 4.69) is 133 Å². The highest BCUT2D eigenvalue weighted by atomic mass is 16.3. The molecule has 6 N–H and O–H groups in total. The molecule has 390 valence electrons. The van der Waals surface area contributed by atoms with Gasteiger partial charge in [0.2, 0.25) is 11.7 Å². The first-order chi connectivity index (χ1) is 37.0. The molecular weight excluding hydrogens is 945 g/mol. The van der Waals surface area contributed by atoms with Crippen molar-refractivity contribution < 1.29 is 14.5 Å². The molecule has 76 heavy (non-hydrogen) atoms. The number of nitrogens with one attached hydrogen (secondary N) is 1. The van der Waals surface area contributed by atoms with Gasteiger partial charge in [-0.15, -0.1) is 10.2 Å². The summed E-state index contributed by atoms with van der Waals surface area (Å²) in [6.45, 7) is 12.0. The lowest BCUT2D eigenvalue weighted by atomic mass is 9.75. The van der Waals surface area contributed by atoms with Crippen molar-refractivity contribution in [2.75, 3.05) is 0 Å². The van der Waals surface area contributed by atoms with Gasteiger partial charge in [-0.25, -0.2) is 0 Å². The van der Waals surface area contributed by atoms with Crippen LogP contribution < -0.4 is 16.1 Å². The number of hydrogen-bond donors (Lipinski definition) is 4. The molecule has 0 bridgehead atoms. The number of aryl methyl sites for hydroxylation is 2. The molecule has 8 aromatic rings. The quantitative estimate of drug-likeness (QED) is 0.0178. The van der Waals surface area contributed by atoms with Crippen LogP contribution in [0.3, 0.4) is 0 Å². The largest absolute Gasteiger partial charge is 0.459 e. The maximum atomic E-state index is 14.9. The number of amides is 1. The number of imidazole rings is 1. The molecule has 0 fully saturated rings. The van der Waals surface area contributed by atoms with Gasteiger partial charge in [0, 0.05) is 58.2 Å². The number of aromatic amines is 1. The number of aromatic nitrogens is 8. The Labute approximate surface area is 446 Å². The first-order valence-electron chi connectivity index (χ1n) is 26.9. The molecule has 1 aliphatic rings. The minimum Gasteiger partial charge on any atom is -0.446 e. The summed E-state index contributed by atoms with van der Waals surface area (Å²) in [5.74, 6) is 6.22. The van der Waals surface area contributed by atoms with Gasteiger partial charge in [0.25, 0.3) is 0 Å². The summed E-state index contributed by atoms with van der Waals surface area (Å²) in [5.41, 5.74) is 20.4. The van der Waals surface area contributed by atoms with E-state index in [1.807, 2.05) is 81.0 Å². The molecule has 0 aliphatic carbocycles. The van der Waals surface area contributed by atoms with Crippen molar-refractivity contribution >= 4 is 11.7 Å². The number of hydrazone groups is 1. The molecule has 1 atom stereocenters. The van der Waals surface area contributed by atoms with E-state index in [0.717, 1.165) is 132 Å². The van der Waals surface area contributed by atoms with E-state index >= 15 is 0 Å². The summed E-state index contributed by atoms with van der Waals surface area (Å²) >= 11 is 0. The van der Waals surface area contributed by atoms with E-state index < -0.39 is 0 Å². The smallest absolute Gasteiger partial charge is 0.446 e. The van der Waals surface area contributed by atoms with Crippen molar-refractivity contribution in [1.82, 2.24) is 40.1 Å². The summed E-state index contributed by atoms with van der Waals surface area (Å²) in [4.78, 5) is 26.8.